The summed E-state index contributed by atoms with van der Waals surface area (Å²) in [4.78, 5) is 12.1. The molecule has 0 aliphatic carbocycles. The molecule has 1 heterocycles. The molecule has 1 aromatic rings. The van der Waals surface area contributed by atoms with E-state index in [0.717, 1.165) is 5.56 Å². The van der Waals surface area contributed by atoms with Gasteiger partial charge in [-0.15, -0.1) is 12.4 Å². The van der Waals surface area contributed by atoms with Crippen molar-refractivity contribution in [3.63, 3.8) is 0 Å². The van der Waals surface area contributed by atoms with Crippen LogP contribution in [0.1, 0.15) is 12.5 Å². The molecule has 0 aromatic heterocycles. The Hall–Kier alpha value is -1.01. The number of nitrogens with one attached hydrogen (secondary N) is 2. The Kier molecular flexibility index (Phi) is 7.25. The second-order valence-corrected chi connectivity index (χ2v) is 5.12. The average molecular weight is 335 g/mol. The van der Waals surface area contributed by atoms with Crippen molar-refractivity contribution in [1.82, 2.24) is 10.6 Å². The highest BCUT2D eigenvalue weighted by atomic mass is 35.5. The number of amides is 1. The van der Waals surface area contributed by atoms with Crippen LogP contribution in [0.2, 0.25) is 5.02 Å². The summed E-state index contributed by atoms with van der Waals surface area (Å²) in [6, 6.07) is 5.03. The maximum Gasteiger partial charge on any atom is 0.240 e. The van der Waals surface area contributed by atoms with Gasteiger partial charge >= 0.3 is 0 Å². The van der Waals surface area contributed by atoms with E-state index in [9.17, 15) is 4.79 Å². The first-order chi connectivity index (χ1) is 9.61. The number of hydrogen-bond donors (Lipinski definition) is 2. The van der Waals surface area contributed by atoms with Crippen LogP contribution in [0, 0.1) is 0 Å². The quantitative estimate of drug-likeness (QED) is 0.880. The van der Waals surface area contributed by atoms with Gasteiger partial charge < -0.3 is 20.1 Å². The summed E-state index contributed by atoms with van der Waals surface area (Å²) < 4.78 is 10.7. The minimum absolute atomic E-state index is 0. The molecule has 1 fully saturated rings. The SMILES string of the molecule is COc1cc(Cl)ccc1CNC(=O)[C@H]1NCCO[C@@H]1C.Cl. The number of halogens is 2. The van der Waals surface area contributed by atoms with Crippen molar-refractivity contribution in [2.24, 2.45) is 0 Å². The van der Waals surface area contributed by atoms with E-state index in [1.165, 1.54) is 0 Å². The maximum absolute atomic E-state index is 12.1. The van der Waals surface area contributed by atoms with E-state index < -0.39 is 0 Å². The normalized spacial score (nSPS) is 21.3. The highest BCUT2D eigenvalue weighted by Gasteiger charge is 2.28. The average Bonchev–Trinajstić information content (AvgIpc) is 2.46. The molecule has 2 rings (SSSR count). The van der Waals surface area contributed by atoms with E-state index in [1.54, 1.807) is 19.2 Å². The van der Waals surface area contributed by atoms with E-state index in [-0.39, 0.29) is 30.5 Å². The van der Waals surface area contributed by atoms with E-state index >= 15 is 0 Å². The van der Waals surface area contributed by atoms with Crippen LogP contribution in [0.4, 0.5) is 0 Å². The number of hydrogen-bond acceptors (Lipinski definition) is 4. The van der Waals surface area contributed by atoms with Gasteiger partial charge in [0, 0.05) is 23.7 Å². The molecular weight excluding hydrogens is 315 g/mol. The van der Waals surface area contributed by atoms with Crippen molar-refractivity contribution in [3.05, 3.63) is 28.8 Å². The van der Waals surface area contributed by atoms with Gasteiger partial charge in [0.25, 0.3) is 0 Å². The van der Waals surface area contributed by atoms with Crippen LogP contribution in [0.25, 0.3) is 0 Å². The molecule has 2 N–H and O–H groups in total. The lowest BCUT2D eigenvalue weighted by atomic mass is 10.1. The van der Waals surface area contributed by atoms with E-state index in [2.05, 4.69) is 10.6 Å². The molecule has 0 radical (unpaired) electrons. The largest absolute Gasteiger partial charge is 0.496 e. The van der Waals surface area contributed by atoms with E-state index in [0.29, 0.717) is 30.5 Å². The molecule has 0 bridgehead atoms. The summed E-state index contributed by atoms with van der Waals surface area (Å²) in [5.41, 5.74) is 0.884. The molecule has 2 atom stereocenters. The molecule has 21 heavy (non-hydrogen) atoms. The Labute approximate surface area is 135 Å². The van der Waals surface area contributed by atoms with Crippen LogP contribution >= 0.6 is 24.0 Å². The first-order valence-electron chi connectivity index (χ1n) is 6.57. The second-order valence-electron chi connectivity index (χ2n) is 4.68. The Morgan fingerprint density at radius 1 is 1.57 bits per heavy atom. The molecule has 118 valence electrons. The Morgan fingerprint density at radius 3 is 3.00 bits per heavy atom. The highest BCUT2D eigenvalue weighted by molar-refractivity contribution is 6.30. The third-order valence-electron chi connectivity index (χ3n) is 3.30. The summed E-state index contributed by atoms with van der Waals surface area (Å²) in [7, 11) is 1.58. The predicted octanol–water partition coefficient (Wildman–Crippen LogP) is 1.76. The van der Waals surface area contributed by atoms with Gasteiger partial charge in [0.2, 0.25) is 5.91 Å². The zero-order valence-corrected chi connectivity index (χ0v) is 13.6. The number of carbonyl (C=O) groups is 1. The van der Waals surface area contributed by atoms with Crippen LogP contribution < -0.4 is 15.4 Å². The minimum Gasteiger partial charge on any atom is -0.496 e. The Bertz CT molecular complexity index is 485. The maximum atomic E-state index is 12.1. The van der Waals surface area contributed by atoms with Crippen LogP contribution in [0.15, 0.2) is 18.2 Å². The molecule has 1 aliphatic rings. The molecule has 0 spiro atoms. The highest BCUT2D eigenvalue weighted by Crippen LogP contribution is 2.22. The van der Waals surface area contributed by atoms with Crippen LogP contribution in [-0.4, -0.2) is 38.3 Å². The van der Waals surface area contributed by atoms with Gasteiger partial charge in [-0.1, -0.05) is 17.7 Å². The predicted molar refractivity (Wildman–Crippen MR) is 84.3 cm³/mol. The lowest BCUT2D eigenvalue weighted by molar-refractivity contribution is -0.129. The van der Waals surface area contributed by atoms with Gasteiger partial charge in [-0.25, -0.2) is 0 Å². The zero-order chi connectivity index (χ0) is 14.5. The number of methoxy groups -OCH3 is 1. The molecule has 0 unspecified atom stereocenters. The second kappa shape index (κ2) is 8.44. The summed E-state index contributed by atoms with van der Waals surface area (Å²) in [5, 5.41) is 6.65. The lowest BCUT2D eigenvalue weighted by Crippen LogP contribution is -2.55. The minimum atomic E-state index is -0.318. The molecule has 5 nitrogen and oxygen atoms in total. The van der Waals surface area contributed by atoms with Crippen LogP contribution in [-0.2, 0) is 16.1 Å². The fraction of sp³-hybridized carbons (Fsp3) is 0.500. The Morgan fingerprint density at radius 2 is 2.33 bits per heavy atom. The molecule has 1 aromatic carbocycles. The molecular formula is C14H20Cl2N2O3. The first kappa shape index (κ1) is 18.0. The third-order valence-corrected chi connectivity index (χ3v) is 3.54. The van der Waals surface area contributed by atoms with Crippen molar-refractivity contribution in [2.45, 2.75) is 25.6 Å². The summed E-state index contributed by atoms with van der Waals surface area (Å²) in [6.45, 7) is 3.60. The number of morpholine rings is 1. The fourth-order valence-electron chi connectivity index (χ4n) is 2.18. The number of rotatable bonds is 4. The summed E-state index contributed by atoms with van der Waals surface area (Å²) in [5.74, 6) is 0.591. The number of carbonyl (C=O) groups excluding carboxylic acids is 1. The smallest absolute Gasteiger partial charge is 0.240 e. The van der Waals surface area contributed by atoms with Gasteiger partial charge in [-0.05, 0) is 19.1 Å². The van der Waals surface area contributed by atoms with Gasteiger partial charge in [-0.2, -0.15) is 0 Å². The summed E-state index contributed by atoms with van der Waals surface area (Å²) >= 11 is 5.91. The van der Waals surface area contributed by atoms with E-state index in [4.69, 9.17) is 21.1 Å². The third kappa shape index (κ3) is 4.74. The van der Waals surface area contributed by atoms with Gasteiger partial charge in [-0.3, -0.25) is 4.79 Å². The van der Waals surface area contributed by atoms with Crippen molar-refractivity contribution in [3.8, 4) is 5.75 Å². The van der Waals surface area contributed by atoms with Crippen LogP contribution in [0.3, 0.4) is 0 Å². The first-order valence-corrected chi connectivity index (χ1v) is 6.94. The van der Waals surface area contributed by atoms with Gasteiger partial charge in [0.1, 0.15) is 11.8 Å². The lowest BCUT2D eigenvalue weighted by Gasteiger charge is -2.29. The summed E-state index contributed by atoms with van der Waals surface area (Å²) in [6.07, 6.45) is -0.129. The molecule has 1 amide bonds. The van der Waals surface area contributed by atoms with Crippen molar-refractivity contribution < 1.29 is 14.3 Å². The molecule has 1 aliphatic heterocycles. The topological polar surface area (TPSA) is 59.6 Å². The molecule has 0 saturated carbocycles. The van der Waals surface area contributed by atoms with Gasteiger partial charge in [0.15, 0.2) is 0 Å². The van der Waals surface area contributed by atoms with Gasteiger partial charge in [0.05, 0.1) is 19.8 Å². The number of ether oxygens (including phenoxy) is 2. The van der Waals surface area contributed by atoms with Crippen molar-refractivity contribution >= 4 is 29.9 Å². The monoisotopic (exact) mass is 334 g/mol. The standard InChI is InChI=1S/C14H19ClN2O3.ClH/c1-9-13(16-5-6-20-9)14(18)17-8-10-3-4-11(15)7-12(10)19-2;/h3-4,7,9,13,16H,5-6,8H2,1-2H3,(H,17,18);1H/t9-,13+;/m1./s1. The van der Waals surface area contributed by atoms with Crippen molar-refractivity contribution in [1.29, 1.82) is 0 Å². The van der Waals surface area contributed by atoms with Crippen LogP contribution in [0.5, 0.6) is 5.75 Å². The van der Waals surface area contributed by atoms with Crippen molar-refractivity contribution in [2.75, 3.05) is 20.3 Å². The molecule has 1 saturated heterocycles. The van der Waals surface area contributed by atoms with E-state index in [1.807, 2.05) is 13.0 Å². The fourth-order valence-corrected chi connectivity index (χ4v) is 2.35. The zero-order valence-electron chi connectivity index (χ0n) is 12.0. The number of benzene rings is 1. The Balaban J connectivity index is 0.00000220. The molecule has 7 heteroatoms.